The van der Waals surface area contributed by atoms with Gasteiger partial charge in [-0.2, -0.15) is 32.1 Å². The molecule has 0 bridgehead atoms. The number of amides is 1. The summed E-state index contributed by atoms with van der Waals surface area (Å²) < 4.78 is 160. The summed E-state index contributed by atoms with van der Waals surface area (Å²) in [5, 5.41) is 10.3. The van der Waals surface area contributed by atoms with Crippen LogP contribution in [-0.2, 0) is 46.9 Å². The van der Waals surface area contributed by atoms with Crippen molar-refractivity contribution in [1.29, 1.82) is 0 Å². The van der Waals surface area contributed by atoms with E-state index in [1.807, 2.05) is 0 Å². The molecule has 13 nitrogen and oxygen atoms in total. The summed E-state index contributed by atoms with van der Waals surface area (Å²) in [6.07, 6.45) is -6.88. The van der Waals surface area contributed by atoms with Crippen molar-refractivity contribution in [2.45, 2.75) is 49.9 Å². The molecule has 2 aliphatic rings. The molecule has 4 heterocycles. The SMILES string of the molecule is Cn1nc(NS(C)(=O)=O)c2c(Cl)ccc(-n3c([C@H](Cc4cc(F)cc(F)c4)NC(=O)Cn4nc(C(F)F)c5c4C(F)(F)[C@@H]4C[C@H]54)nc4cc(-c5cc(C(F)(F)F)ccn5)ccc4c3=O)c21. The number of rotatable bonds is 11. The molecule has 2 N–H and O–H groups in total. The van der Waals surface area contributed by atoms with E-state index in [-0.39, 0.29) is 67.1 Å². The second-order valence-corrected chi connectivity index (χ2v) is 17.8. The van der Waals surface area contributed by atoms with Crippen LogP contribution in [0.2, 0.25) is 5.02 Å². The Morgan fingerprint density at radius 3 is 2.42 bits per heavy atom. The normalized spacial score (nSPS) is 17.1. The number of fused-ring (bicyclic) bond motifs is 5. The van der Waals surface area contributed by atoms with Crippen LogP contribution in [0.3, 0.4) is 0 Å². The number of pyridine rings is 1. The van der Waals surface area contributed by atoms with E-state index in [0.29, 0.717) is 10.7 Å². The Labute approximate surface area is 364 Å². The highest BCUT2D eigenvalue weighted by molar-refractivity contribution is 7.92. The number of hydrogen-bond donors (Lipinski definition) is 2. The van der Waals surface area contributed by atoms with E-state index in [1.54, 1.807) is 0 Å². The van der Waals surface area contributed by atoms with E-state index in [2.05, 4.69) is 25.2 Å². The lowest BCUT2D eigenvalue weighted by Crippen LogP contribution is -2.38. The minimum atomic E-state index is -4.75. The largest absolute Gasteiger partial charge is 0.416 e. The number of nitrogens with one attached hydrogen (secondary N) is 2. The molecule has 4 aromatic heterocycles. The Hall–Kier alpha value is -6.49. The smallest absolute Gasteiger partial charge is 0.344 e. The maximum atomic E-state index is 15.5. The Morgan fingerprint density at radius 1 is 1.02 bits per heavy atom. The molecule has 0 aliphatic heterocycles. The lowest BCUT2D eigenvalue weighted by atomic mass is 10.0. The van der Waals surface area contributed by atoms with E-state index < -0.39 is 105 Å². The summed E-state index contributed by atoms with van der Waals surface area (Å²) in [4.78, 5) is 37.9. The molecule has 9 rings (SSSR count). The van der Waals surface area contributed by atoms with Crippen molar-refractivity contribution < 1.29 is 52.7 Å². The highest BCUT2D eigenvalue weighted by atomic mass is 35.5. The number of aromatic nitrogens is 7. The number of hydrogen-bond acceptors (Lipinski definition) is 8. The van der Waals surface area contributed by atoms with Gasteiger partial charge in [-0.3, -0.25) is 33.2 Å². The van der Waals surface area contributed by atoms with Crippen molar-refractivity contribution >= 4 is 55.2 Å². The van der Waals surface area contributed by atoms with Crippen molar-refractivity contribution in [3.63, 3.8) is 0 Å². The van der Waals surface area contributed by atoms with Gasteiger partial charge in [0.25, 0.3) is 17.9 Å². The Balaban J connectivity index is 1.26. The number of alkyl halides is 7. The molecule has 1 saturated carbocycles. The molecule has 0 spiro atoms. The summed E-state index contributed by atoms with van der Waals surface area (Å²) in [7, 11) is -2.60. The van der Waals surface area contributed by atoms with Crippen LogP contribution >= 0.6 is 11.6 Å². The summed E-state index contributed by atoms with van der Waals surface area (Å²) in [5.74, 6) is -9.72. The van der Waals surface area contributed by atoms with Crippen LogP contribution in [0.1, 0.15) is 58.7 Å². The van der Waals surface area contributed by atoms with Crippen LogP contribution in [0.25, 0.3) is 38.8 Å². The van der Waals surface area contributed by atoms with E-state index in [1.165, 1.54) is 42.1 Å². The topological polar surface area (TPSA) is 159 Å². The second-order valence-electron chi connectivity index (χ2n) is 15.7. The third kappa shape index (κ3) is 7.82. The highest BCUT2D eigenvalue weighted by Crippen LogP contribution is 2.68. The van der Waals surface area contributed by atoms with Gasteiger partial charge in [-0.15, -0.1) is 0 Å². The predicted molar refractivity (Wildman–Crippen MR) is 216 cm³/mol. The van der Waals surface area contributed by atoms with Crippen LogP contribution in [0, 0.1) is 17.6 Å². The van der Waals surface area contributed by atoms with Gasteiger partial charge in [0.05, 0.1) is 56.1 Å². The fraction of sp³-hybridized carbons (Fsp3) is 0.268. The summed E-state index contributed by atoms with van der Waals surface area (Å²) >= 11 is 6.59. The van der Waals surface area contributed by atoms with Crippen molar-refractivity contribution in [2.75, 3.05) is 11.0 Å². The maximum Gasteiger partial charge on any atom is 0.416 e. The molecular formula is C41H29ClF9N9O4S. The lowest BCUT2D eigenvalue weighted by Gasteiger charge is -2.24. The molecule has 3 atom stereocenters. The van der Waals surface area contributed by atoms with Gasteiger partial charge in [0.15, 0.2) is 5.82 Å². The molecular weight excluding hydrogens is 921 g/mol. The molecule has 338 valence electrons. The standard InChI is InChI=1S/C41H29ClF9N9O4S/c1-58-34-29(6-5-25(42)32(34)37(56-58)57-65(2,63)64)60-38(54-27-12-18(3-4-22(27)39(60)62)26-13-19(7-8-52-26)41(49,50)51)28(11-17-9-20(43)14-21(44)10-17)53-30(61)16-59-35-31(33(55-59)36(45)46)23-15-24(23)40(35,47)48/h3-10,12-14,23-24,28,36H,11,15-16H2,1-2H3,(H,53,61)(H,56,57)/t23-,24+,28-/m0/s1. The first-order valence-corrected chi connectivity index (χ1v) is 21.5. The number of nitrogens with zero attached hydrogens (tertiary/aromatic N) is 7. The maximum absolute atomic E-state index is 15.5. The number of aryl methyl sites for hydroxylation is 1. The number of benzene rings is 3. The number of anilines is 1. The van der Waals surface area contributed by atoms with Crippen molar-refractivity contribution in [3.05, 3.63) is 128 Å². The zero-order chi connectivity index (χ0) is 46.7. The Bertz CT molecular complexity index is 3300. The van der Waals surface area contributed by atoms with Crippen LogP contribution in [0.15, 0.2) is 71.7 Å². The molecule has 1 amide bonds. The van der Waals surface area contributed by atoms with E-state index >= 15 is 8.78 Å². The molecule has 0 radical (unpaired) electrons. The molecule has 7 aromatic rings. The first kappa shape index (κ1) is 43.7. The number of carbonyl (C=O) groups is 1. The molecule has 65 heavy (non-hydrogen) atoms. The number of sulfonamides is 1. The fourth-order valence-corrected chi connectivity index (χ4v) is 9.24. The van der Waals surface area contributed by atoms with Crippen LogP contribution in [0.4, 0.5) is 45.3 Å². The van der Waals surface area contributed by atoms with Gasteiger partial charge >= 0.3 is 6.18 Å². The predicted octanol–water partition coefficient (Wildman–Crippen LogP) is 8.10. The van der Waals surface area contributed by atoms with Crippen molar-refractivity contribution in [1.82, 2.24) is 39.4 Å². The average Bonchev–Trinajstić information content (AvgIpc) is 3.75. The van der Waals surface area contributed by atoms with Crippen LogP contribution < -0.4 is 15.6 Å². The first-order valence-electron chi connectivity index (χ1n) is 19.2. The molecule has 24 heteroatoms. The van der Waals surface area contributed by atoms with Crippen LogP contribution in [0.5, 0.6) is 0 Å². The minimum Gasteiger partial charge on any atom is -0.344 e. The molecule has 0 saturated heterocycles. The van der Waals surface area contributed by atoms with Crippen molar-refractivity contribution in [2.24, 2.45) is 13.0 Å². The van der Waals surface area contributed by atoms with Crippen LogP contribution in [-0.4, -0.2) is 54.7 Å². The fourth-order valence-electron chi connectivity index (χ4n) is 8.50. The van der Waals surface area contributed by atoms with Gasteiger partial charge in [0, 0.05) is 42.8 Å². The molecule has 1 fully saturated rings. The van der Waals surface area contributed by atoms with Crippen molar-refractivity contribution in [3.8, 4) is 16.9 Å². The second kappa shape index (κ2) is 15.3. The Kier molecular flexibility index (Phi) is 10.3. The molecule has 2 aliphatic carbocycles. The van der Waals surface area contributed by atoms with E-state index in [4.69, 9.17) is 16.6 Å². The lowest BCUT2D eigenvalue weighted by molar-refractivity contribution is -0.137. The zero-order valence-electron chi connectivity index (χ0n) is 33.2. The average molecular weight is 950 g/mol. The zero-order valence-corrected chi connectivity index (χ0v) is 34.8. The molecule has 0 unspecified atom stereocenters. The monoisotopic (exact) mass is 949 g/mol. The van der Waals surface area contributed by atoms with Gasteiger partial charge in [0.1, 0.15) is 35.4 Å². The van der Waals surface area contributed by atoms with E-state index in [9.17, 15) is 48.7 Å². The number of halogens is 10. The quantitative estimate of drug-likeness (QED) is 0.123. The minimum absolute atomic E-state index is 0.00670. The molecule has 3 aromatic carbocycles. The summed E-state index contributed by atoms with van der Waals surface area (Å²) in [6, 6.07) is 8.59. The highest BCUT2D eigenvalue weighted by Gasteiger charge is 2.67. The third-order valence-electron chi connectivity index (χ3n) is 11.2. The first-order chi connectivity index (χ1) is 30.5. The Morgan fingerprint density at radius 2 is 1.74 bits per heavy atom. The van der Waals surface area contributed by atoms with Gasteiger partial charge in [0.2, 0.25) is 15.9 Å². The van der Waals surface area contributed by atoms with E-state index in [0.717, 1.165) is 41.3 Å². The third-order valence-corrected chi connectivity index (χ3v) is 12.1. The summed E-state index contributed by atoms with van der Waals surface area (Å²) in [6.45, 7) is -1.07. The van der Waals surface area contributed by atoms with Gasteiger partial charge in [-0.25, -0.2) is 31.0 Å². The summed E-state index contributed by atoms with van der Waals surface area (Å²) in [5.41, 5.74) is -4.63. The van der Waals surface area contributed by atoms with Gasteiger partial charge < -0.3 is 5.32 Å². The van der Waals surface area contributed by atoms with Gasteiger partial charge in [-0.1, -0.05) is 17.7 Å². The van der Waals surface area contributed by atoms with Gasteiger partial charge in [-0.05, 0) is 66.4 Å². The number of carbonyl (C=O) groups excluding carboxylic acids is 1.